The molecule has 1 unspecified atom stereocenters. The highest BCUT2D eigenvalue weighted by Gasteiger charge is 2.17. The summed E-state index contributed by atoms with van der Waals surface area (Å²) in [5.74, 6) is 0.679. The Bertz CT molecular complexity index is 367. The summed E-state index contributed by atoms with van der Waals surface area (Å²) < 4.78 is 5.45. The summed E-state index contributed by atoms with van der Waals surface area (Å²) in [6.45, 7) is 4.72. The van der Waals surface area contributed by atoms with E-state index in [0.29, 0.717) is 23.7 Å². The number of β-amino-alcohol motifs (C(OH)–C–C–N with tert-alkyl or cyclic N) is 1. The van der Waals surface area contributed by atoms with Crippen molar-refractivity contribution >= 4 is 11.6 Å². The van der Waals surface area contributed by atoms with Crippen molar-refractivity contribution in [3.8, 4) is 5.75 Å². The van der Waals surface area contributed by atoms with Crippen LogP contribution in [0.3, 0.4) is 0 Å². The van der Waals surface area contributed by atoms with Crippen molar-refractivity contribution in [3.05, 3.63) is 29.3 Å². The smallest absolute Gasteiger partial charge is 0.119 e. The fourth-order valence-corrected chi connectivity index (χ4v) is 1.67. The molecule has 4 nitrogen and oxygen atoms in total. The molecule has 1 aromatic carbocycles. The minimum absolute atomic E-state index is 0.122. The van der Waals surface area contributed by atoms with Crippen LogP contribution in [0.1, 0.15) is 20.3 Å². The molecule has 0 aliphatic carbocycles. The molecule has 0 spiro atoms. The van der Waals surface area contributed by atoms with Crippen molar-refractivity contribution in [2.75, 3.05) is 19.8 Å². The molecule has 0 amide bonds. The third-order valence-corrected chi connectivity index (χ3v) is 3.06. The van der Waals surface area contributed by atoms with Crippen LogP contribution < -0.4 is 10.1 Å². The number of aliphatic hydroxyl groups excluding tert-OH is 2. The molecule has 108 valence electrons. The first-order chi connectivity index (χ1) is 8.93. The lowest BCUT2D eigenvalue weighted by Gasteiger charge is -2.27. The first kappa shape index (κ1) is 16.2. The molecule has 0 aromatic heterocycles. The molecule has 0 radical (unpaired) electrons. The molecule has 5 heteroatoms. The van der Waals surface area contributed by atoms with E-state index in [9.17, 15) is 5.11 Å². The van der Waals surface area contributed by atoms with Gasteiger partial charge in [-0.25, -0.2) is 0 Å². The lowest BCUT2D eigenvalue weighted by Crippen LogP contribution is -2.45. The fourth-order valence-electron chi connectivity index (χ4n) is 1.54. The van der Waals surface area contributed by atoms with Gasteiger partial charge in [0.25, 0.3) is 0 Å². The molecule has 0 saturated carbocycles. The highest BCUT2D eigenvalue weighted by Crippen LogP contribution is 2.15. The number of rotatable bonds is 8. The number of ether oxygens (including phenoxy) is 1. The van der Waals surface area contributed by atoms with Gasteiger partial charge < -0.3 is 20.3 Å². The van der Waals surface area contributed by atoms with E-state index in [1.807, 2.05) is 13.8 Å². The van der Waals surface area contributed by atoms with E-state index in [2.05, 4.69) is 5.32 Å². The number of hydrogen-bond acceptors (Lipinski definition) is 4. The van der Waals surface area contributed by atoms with Crippen molar-refractivity contribution in [1.82, 2.24) is 5.32 Å². The van der Waals surface area contributed by atoms with Gasteiger partial charge >= 0.3 is 0 Å². The molecule has 1 rings (SSSR count). The molecule has 0 heterocycles. The fraction of sp³-hybridized carbons (Fsp3) is 0.571. The molecular weight excluding hydrogens is 266 g/mol. The lowest BCUT2D eigenvalue weighted by atomic mass is 10.0. The summed E-state index contributed by atoms with van der Waals surface area (Å²) >= 11 is 5.77. The van der Waals surface area contributed by atoms with E-state index in [1.54, 1.807) is 24.3 Å². The highest BCUT2D eigenvalue weighted by atomic mass is 35.5. The minimum Gasteiger partial charge on any atom is -0.491 e. The van der Waals surface area contributed by atoms with Crippen molar-refractivity contribution in [2.45, 2.75) is 31.9 Å². The van der Waals surface area contributed by atoms with Crippen LogP contribution in [0.4, 0.5) is 0 Å². The molecule has 1 atom stereocenters. The van der Waals surface area contributed by atoms with E-state index >= 15 is 0 Å². The van der Waals surface area contributed by atoms with Crippen LogP contribution in [-0.2, 0) is 0 Å². The van der Waals surface area contributed by atoms with Crippen molar-refractivity contribution in [3.63, 3.8) is 0 Å². The van der Waals surface area contributed by atoms with Gasteiger partial charge in [-0.05, 0) is 44.5 Å². The van der Waals surface area contributed by atoms with Gasteiger partial charge in [0.05, 0.1) is 0 Å². The Morgan fingerprint density at radius 2 is 1.95 bits per heavy atom. The van der Waals surface area contributed by atoms with Crippen LogP contribution in [-0.4, -0.2) is 41.6 Å². The summed E-state index contributed by atoms with van der Waals surface area (Å²) in [6, 6.07) is 7.01. The highest BCUT2D eigenvalue weighted by molar-refractivity contribution is 6.30. The Morgan fingerprint density at radius 1 is 1.32 bits per heavy atom. The van der Waals surface area contributed by atoms with Crippen LogP contribution in [0.15, 0.2) is 24.3 Å². The third kappa shape index (κ3) is 6.78. The Hall–Kier alpha value is -0.810. The summed E-state index contributed by atoms with van der Waals surface area (Å²) in [5.41, 5.74) is -0.198. The molecular formula is C14H22ClNO3. The second kappa shape index (κ2) is 7.70. The second-order valence-corrected chi connectivity index (χ2v) is 5.59. The molecule has 0 bridgehead atoms. The van der Waals surface area contributed by atoms with Crippen LogP contribution in [0.2, 0.25) is 5.02 Å². The predicted molar refractivity (Wildman–Crippen MR) is 76.7 cm³/mol. The standard InChI is InChI=1S/C14H22ClNO3/c1-14(2,7-8-17)16-9-12(18)10-19-13-5-3-11(15)4-6-13/h3-6,12,16-18H,7-10H2,1-2H3. The van der Waals surface area contributed by atoms with E-state index in [0.717, 1.165) is 0 Å². The molecule has 3 N–H and O–H groups in total. The first-order valence-corrected chi connectivity index (χ1v) is 6.73. The third-order valence-electron chi connectivity index (χ3n) is 2.81. The zero-order chi connectivity index (χ0) is 14.3. The normalized spacial score (nSPS) is 13.3. The monoisotopic (exact) mass is 287 g/mol. The van der Waals surface area contributed by atoms with Crippen molar-refractivity contribution in [2.24, 2.45) is 0 Å². The molecule has 19 heavy (non-hydrogen) atoms. The number of benzene rings is 1. The van der Waals surface area contributed by atoms with Crippen LogP contribution in [0.5, 0.6) is 5.75 Å². The lowest BCUT2D eigenvalue weighted by molar-refractivity contribution is 0.0960. The first-order valence-electron chi connectivity index (χ1n) is 6.35. The van der Waals surface area contributed by atoms with Gasteiger partial charge in [-0.1, -0.05) is 11.6 Å². The minimum atomic E-state index is -0.603. The van der Waals surface area contributed by atoms with E-state index in [4.69, 9.17) is 21.4 Å². The van der Waals surface area contributed by atoms with Crippen molar-refractivity contribution < 1.29 is 14.9 Å². The second-order valence-electron chi connectivity index (χ2n) is 5.16. The Kier molecular flexibility index (Phi) is 6.58. The van der Waals surface area contributed by atoms with Gasteiger partial charge in [-0.15, -0.1) is 0 Å². The average Bonchev–Trinajstić information content (AvgIpc) is 2.36. The summed E-state index contributed by atoms with van der Waals surface area (Å²) in [7, 11) is 0. The van der Waals surface area contributed by atoms with Crippen LogP contribution in [0.25, 0.3) is 0 Å². The van der Waals surface area contributed by atoms with E-state index < -0.39 is 6.10 Å². The summed E-state index contributed by atoms with van der Waals surface area (Å²) in [4.78, 5) is 0. The zero-order valence-corrected chi connectivity index (χ0v) is 12.2. The van der Waals surface area contributed by atoms with Gasteiger partial charge in [0, 0.05) is 23.7 Å². The number of aliphatic hydroxyl groups is 2. The average molecular weight is 288 g/mol. The number of nitrogens with one attached hydrogen (secondary N) is 1. The molecule has 0 aliphatic heterocycles. The van der Waals surface area contributed by atoms with Crippen LogP contribution >= 0.6 is 11.6 Å². The topological polar surface area (TPSA) is 61.7 Å². The summed E-state index contributed by atoms with van der Waals surface area (Å²) in [6.07, 6.45) is 0.0336. The number of hydrogen-bond donors (Lipinski definition) is 3. The molecule has 1 aromatic rings. The van der Waals surface area contributed by atoms with Crippen LogP contribution in [0, 0.1) is 0 Å². The van der Waals surface area contributed by atoms with Gasteiger partial charge in [-0.3, -0.25) is 0 Å². The van der Waals surface area contributed by atoms with Gasteiger partial charge in [0.15, 0.2) is 0 Å². The van der Waals surface area contributed by atoms with Gasteiger partial charge in [0.2, 0.25) is 0 Å². The Labute approximate surface area is 119 Å². The van der Waals surface area contributed by atoms with E-state index in [1.165, 1.54) is 0 Å². The zero-order valence-electron chi connectivity index (χ0n) is 11.4. The maximum Gasteiger partial charge on any atom is 0.119 e. The van der Waals surface area contributed by atoms with Gasteiger partial charge in [0.1, 0.15) is 18.5 Å². The largest absolute Gasteiger partial charge is 0.491 e. The maximum atomic E-state index is 9.82. The number of halogens is 1. The molecule has 0 fully saturated rings. The Balaban J connectivity index is 2.28. The molecule has 0 aliphatic rings. The van der Waals surface area contributed by atoms with E-state index in [-0.39, 0.29) is 18.8 Å². The van der Waals surface area contributed by atoms with Gasteiger partial charge in [-0.2, -0.15) is 0 Å². The quantitative estimate of drug-likeness (QED) is 0.683. The SMILES string of the molecule is CC(C)(CCO)NCC(O)COc1ccc(Cl)cc1. The predicted octanol–water partition coefficient (Wildman–Crippen LogP) is 1.83. The Morgan fingerprint density at radius 3 is 2.53 bits per heavy atom. The molecule has 0 saturated heterocycles. The summed E-state index contributed by atoms with van der Waals surface area (Å²) in [5, 5.41) is 22.6. The maximum absolute atomic E-state index is 9.82. The van der Waals surface area contributed by atoms with Crippen molar-refractivity contribution in [1.29, 1.82) is 0 Å².